The smallest absolute Gasteiger partial charge is 0.143 e. The molecule has 1 aromatic rings. The van der Waals surface area contributed by atoms with Gasteiger partial charge in [0.15, 0.2) is 0 Å². The highest BCUT2D eigenvalue weighted by Gasteiger charge is 2.14. The predicted octanol–water partition coefficient (Wildman–Crippen LogP) is 4.20. The summed E-state index contributed by atoms with van der Waals surface area (Å²) in [6.45, 7) is 0. The molecule has 1 rings (SSSR count). The summed E-state index contributed by atoms with van der Waals surface area (Å²) in [4.78, 5) is -1.06. The number of halogens is 5. The summed E-state index contributed by atoms with van der Waals surface area (Å²) in [6.07, 6.45) is 0. The third-order valence-corrected chi connectivity index (χ3v) is 2.30. The van der Waals surface area contributed by atoms with Crippen molar-refractivity contribution in [1.29, 1.82) is 0 Å². The minimum Gasteiger partial charge on any atom is -0.207 e. The molecule has 12 heavy (non-hydrogen) atoms. The van der Waals surface area contributed by atoms with Crippen molar-refractivity contribution < 1.29 is 8.78 Å². The van der Waals surface area contributed by atoms with Crippen LogP contribution in [-0.4, -0.2) is 0 Å². The maximum absolute atomic E-state index is 13.0. The van der Waals surface area contributed by atoms with Crippen LogP contribution < -0.4 is 0 Å². The van der Waals surface area contributed by atoms with E-state index in [1.54, 1.807) is 0 Å². The first-order valence-corrected chi connectivity index (χ1v) is 4.61. The lowest BCUT2D eigenvalue weighted by atomic mass is 10.2. The average Bonchev–Trinajstić information content (AvgIpc) is 1.96. The molecule has 0 amide bonds. The molecule has 0 heterocycles. The van der Waals surface area contributed by atoms with E-state index in [1.807, 2.05) is 0 Å². The van der Waals surface area contributed by atoms with Gasteiger partial charge < -0.3 is 0 Å². The fraction of sp³-hybridized carbons (Fsp3) is 0.143. The van der Waals surface area contributed by atoms with E-state index >= 15 is 0 Å². The van der Waals surface area contributed by atoms with Gasteiger partial charge in [-0.1, -0.05) is 23.2 Å². The van der Waals surface area contributed by atoms with E-state index in [2.05, 4.69) is 15.9 Å². The summed E-state index contributed by atoms with van der Waals surface area (Å²) in [5, 5.41) is 0. The van der Waals surface area contributed by atoms with Crippen LogP contribution in [0.1, 0.15) is 10.4 Å². The van der Waals surface area contributed by atoms with E-state index in [1.165, 1.54) is 0 Å². The van der Waals surface area contributed by atoms with Gasteiger partial charge in [-0.3, -0.25) is 0 Å². The summed E-state index contributed by atoms with van der Waals surface area (Å²) >= 11 is 13.6. The van der Waals surface area contributed by atoms with E-state index in [4.69, 9.17) is 23.2 Å². The molecule has 1 aromatic carbocycles. The van der Waals surface area contributed by atoms with Gasteiger partial charge in [0, 0.05) is 5.56 Å². The number of benzene rings is 1. The van der Waals surface area contributed by atoms with Gasteiger partial charge in [0.2, 0.25) is 0 Å². The molecule has 0 bridgehead atoms. The lowest BCUT2D eigenvalue weighted by molar-refractivity contribution is 0.584. The molecule has 0 aromatic heterocycles. The Labute approximate surface area is 86.6 Å². The zero-order chi connectivity index (χ0) is 9.30. The summed E-state index contributed by atoms with van der Waals surface area (Å²) in [7, 11) is 0. The van der Waals surface area contributed by atoms with Crippen molar-refractivity contribution in [2.75, 3.05) is 0 Å². The van der Waals surface area contributed by atoms with Crippen LogP contribution in [0.4, 0.5) is 8.78 Å². The lowest BCUT2D eigenvalue weighted by Gasteiger charge is -2.04. The Hall–Kier alpha value is 0.140. The fourth-order valence-corrected chi connectivity index (χ4v) is 1.50. The second-order valence-electron chi connectivity index (χ2n) is 2.09. The highest BCUT2D eigenvalue weighted by molar-refractivity contribution is 9.10. The zero-order valence-corrected chi connectivity index (χ0v) is 8.72. The second-order valence-corrected chi connectivity index (χ2v) is 4.04. The third kappa shape index (κ3) is 2.09. The minimum absolute atomic E-state index is 0.0174. The molecule has 0 saturated carbocycles. The Morgan fingerprint density at radius 1 is 1.25 bits per heavy atom. The van der Waals surface area contributed by atoms with Crippen molar-refractivity contribution in [3.63, 3.8) is 0 Å². The summed E-state index contributed by atoms with van der Waals surface area (Å²) < 4.78 is 25.7. The van der Waals surface area contributed by atoms with Crippen LogP contribution in [-0.2, 0) is 0 Å². The first-order chi connectivity index (χ1) is 5.52. The fourth-order valence-electron chi connectivity index (χ4n) is 0.735. The van der Waals surface area contributed by atoms with Crippen molar-refractivity contribution in [1.82, 2.24) is 0 Å². The molecule has 0 atom stereocenters. The Morgan fingerprint density at radius 2 is 1.83 bits per heavy atom. The lowest BCUT2D eigenvalue weighted by Crippen LogP contribution is -1.92. The molecule has 0 nitrogen and oxygen atoms in total. The molecule has 0 N–H and O–H groups in total. The normalized spacial score (nSPS) is 10.8. The van der Waals surface area contributed by atoms with Crippen LogP contribution in [0.5, 0.6) is 0 Å². The Bertz CT molecular complexity index is 302. The molecule has 0 fully saturated rings. The van der Waals surface area contributed by atoms with Crippen molar-refractivity contribution in [2.45, 2.75) is 4.84 Å². The van der Waals surface area contributed by atoms with Crippen molar-refractivity contribution >= 4 is 39.1 Å². The molecular formula is C7H3BrCl2F2. The van der Waals surface area contributed by atoms with Gasteiger partial charge in [-0.2, -0.15) is 0 Å². The van der Waals surface area contributed by atoms with Crippen LogP contribution in [0.25, 0.3) is 0 Å². The monoisotopic (exact) mass is 274 g/mol. The molecule has 0 saturated heterocycles. The van der Waals surface area contributed by atoms with E-state index in [0.29, 0.717) is 0 Å². The third-order valence-electron chi connectivity index (χ3n) is 1.26. The van der Waals surface area contributed by atoms with Crippen LogP contribution in [0.3, 0.4) is 0 Å². The van der Waals surface area contributed by atoms with Crippen LogP contribution in [0.2, 0.25) is 0 Å². The maximum atomic E-state index is 13.0. The number of rotatable bonds is 1. The molecule has 0 aliphatic carbocycles. The standard InChI is InChI=1S/C7H3BrCl2F2/c8-5-2-3(11)1-4(6(5)12)7(9)10/h1-2,7H. The molecular weight excluding hydrogens is 273 g/mol. The van der Waals surface area contributed by atoms with Crippen molar-refractivity contribution in [3.05, 3.63) is 33.8 Å². The van der Waals surface area contributed by atoms with E-state index < -0.39 is 16.5 Å². The van der Waals surface area contributed by atoms with Gasteiger partial charge in [-0.05, 0) is 28.1 Å². The van der Waals surface area contributed by atoms with Gasteiger partial charge >= 0.3 is 0 Å². The van der Waals surface area contributed by atoms with Gasteiger partial charge in [0.25, 0.3) is 0 Å². The van der Waals surface area contributed by atoms with Crippen molar-refractivity contribution in [2.24, 2.45) is 0 Å². The quantitative estimate of drug-likeness (QED) is 0.532. The van der Waals surface area contributed by atoms with E-state index in [9.17, 15) is 8.78 Å². The van der Waals surface area contributed by atoms with E-state index in [0.717, 1.165) is 12.1 Å². The molecule has 0 aliphatic rings. The maximum Gasteiger partial charge on any atom is 0.143 e. The number of alkyl halides is 2. The van der Waals surface area contributed by atoms with Gasteiger partial charge in [0.1, 0.15) is 16.5 Å². The van der Waals surface area contributed by atoms with Crippen LogP contribution >= 0.6 is 39.1 Å². The zero-order valence-electron chi connectivity index (χ0n) is 5.62. The first-order valence-electron chi connectivity index (χ1n) is 2.95. The Morgan fingerprint density at radius 3 is 2.33 bits per heavy atom. The molecule has 0 spiro atoms. The largest absolute Gasteiger partial charge is 0.207 e. The van der Waals surface area contributed by atoms with Gasteiger partial charge in [-0.15, -0.1) is 0 Å². The van der Waals surface area contributed by atoms with Gasteiger partial charge in [0.05, 0.1) is 4.47 Å². The predicted molar refractivity (Wildman–Crippen MR) is 48.5 cm³/mol. The Kier molecular flexibility index (Phi) is 3.32. The molecule has 0 aliphatic heterocycles. The van der Waals surface area contributed by atoms with Crippen molar-refractivity contribution in [3.8, 4) is 0 Å². The summed E-state index contributed by atoms with van der Waals surface area (Å²) in [5.74, 6) is -1.21. The number of hydrogen-bond donors (Lipinski definition) is 0. The highest BCUT2D eigenvalue weighted by atomic mass is 79.9. The molecule has 0 radical (unpaired) electrons. The van der Waals surface area contributed by atoms with Gasteiger partial charge in [-0.25, -0.2) is 8.78 Å². The van der Waals surface area contributed by atoms with Crippen LogP contribution in [0.15, 0.2) is 16.6 Å². The summed E-state index contributed by atoms with van der Waals surface area (Å²) in [5.41, 5.74) is -0.0646. The average molecular weight is 276 g/mol. The minimum atomic E-state index is -1.06. The highest BCUT2D eigenvalue weighted by Crippen LogP contribution is 2.31. The SMILES string of the molecule is Fc1cc(Br)c(F)c(C(Cl)Cl)c1. The number of hydrogen-bond acceptors (Lipinski definition) is 0. The van der Waals surface area contributed by atoms with E-state index in [-0.39, 0.29) is 10.0 Å². The topological polar surface area (TPSA) is 0 Å². The molecule has 5 heteroatoms. The molecule has 66 valence electrons. The summed E-state index contributed by atoms with van der Waals surface area (Å²) in [6, 6.07) is 1.97. The van der Waals surface area contributed by atoms with Crippen LogP contribution in [0, 0.1) is 11.6 Å². The second kappa shape index (κ2) is 3.90. The Balaban J connectivity index is 3.28. The first kappa shape index (κ1) is 10.2. The molecule has 0 unspecified atom stereocenters.